The van der Waals surface area contributed by atoms with Gasteiger partial charge in [-0.15, -0.1) is 0 Å². The van der Waals surface area contributed by atoms with Gasteiger partial charge >= 0.3 is 0 Å². The Morgan fingerprint density at radius 1 is 1.06 bits per heavy atom. The number of hydrogen-bond donors (Lipinski definition) is 1. The summed E-state index contributed by atoms with van der Waals surface area (Å²) < 4.78 is 32.1. The average Bonchev–Trinajstić information content (AvgIpc) is 3.26. The SMILES string of the molecule is CC(C)[C@@H]1CC[C@H](C)C[C@H]1O[P@@](=O)(c1ccc(N(C)C)cc1)[C@H](O)c1ccc2c(c1)OCO2. The lowest BCUT2D eigenvalue weighted by atomic mass is 9.75. The molecule has 1 N–H and O–H groups in total. The Labute approximate surface area is 197 Å². The molecule has 0 aromatic heterocycles. The molecule has 1 heterocycles. The van der Waals surface area contributed by atoms with E-state index >= 15 is 0 Å². The fourth-order valence-electron chi connectivity index (χ4n) is 4.93. The third-order valence-corrected chi connectivity index (χ3v) is 9.54. The van der Waals surface area contributed by atoms with Crippen LogP contribution < -0.4 is 19.7 Å². The molecule has 1 aliphatic heterocycles. The summed E-state index contributed by atoms with van der Waals surface area (Å²) in [5, 5.41) is 12.1. The molecule has 0 unspecified atom stereocenters. The normalized spacial score (nSPS) is 25.0. The summed E-state index contributed by atoms with van der Waals surface area (Å²) in [7, 11) is 0.232. The van der Waals surface area contributed by atoms with Gasteiger partial charge in [-0.05, 0) is 72.6 Å². The van der Waals surface area contributed by atoms with Crippen molar-refractivity contribution in [2.75, 3.05) is 25.8 Å². The van der Waals surface area contributed by atoms with Crippen LogP contribution in [0.25, 0.3) is 0 Å². The lowest BCUT2D eigenvalue weighted by molar-refractivity contribution is 0.0427. The highest BCUT2D eigenvalue weighted by molar-refractivity contribution is 7.67. The first-order valence-electron chi connectivity index (χ1n) is 11.8. The molecule has 0 saturated heterocycles. The number of aliphatic hydroxyl groups is 1. The summed E-state index contributed by atoms with van der Waals surface area (Å²) in [6, 6.07) is 12.7. The molecule has 0 spiro atoms. The number of fused-ring (bicyclic) bond motifs is 1. The van der Waals surface area contributed by atoms with Gasteiger partial charge in [0.15, 0.2) is 17.3 Å². The molecule has 7 heteroatoms. The zero-order valence-corrected chi connectivity index (χ0v) is 21.1. The van der Waals surface area contributed by atoms with Crippen LogP contribution in [0.5, 0.6) is 11.5 Å². The lowest BCUT2D eigenvalue weighted by Gasteiger charge is -2.40. The molecule has 0 amide bonds. The number of aliphatic hydroxyl groups excluding tert-OH is 1. The molecule has 1 aliphatic carbocycles. The molecule has 0 bridgehead atoms. The van der Waals surface area contributed by atoms with Gasteiger partial charge in [0.05, 0.1) is 6.10 Å². The van der Waals surface area contributed by atoms with Crippen molar-refractivity contribution in [3.05, 3.63) is 48.0 Å². The van der Waals surface area contributed by atoms with E-state index in [0.29, 0.717) is 40.1 Å². The minimum Gasteiger partial charge on any atom is -0.454 e. The number of anilines is 1. The first-order valence-corrected chi connectivity index (χ1v) is 13.5. The molecule has 2 aromatic carbocycles. The Balaban J connectivity index is 1.73. The van der Waals surface area contributed by atoms with E-state index < -0.39 is 13.2 Å². The Bertz CT molecular complexity index is 1010. The Morgan fingerprint density at radius 3 is 2.42 bits per heavy atom. The second kappa shape index (κ2) is 9.69. The van der Waals surface area contributed by atoms with Gasteiger partial charge in [0, 0.05) is 25.1 Å². The van der Waals surface area contributed by atoms with Crippen LogP contribution in [0.3, 0.4) is 0 Å². The maximum atomic E-state index is 14.7. The molecular weight excluding hydrogens is 437 g/mol. The molecule has 1 saturated carbocycles. The zero-order valence-electron chi connectivity index (χ0n) is 20.2. The van der Waals surface area contributed by atoms with Crippen molar-refractivity contribution in [2.45, 2.75) is 52.0 Å². The van der Waals surface area contributed by atoms with Gasteiger partial charge in [-0.3, -0.25) is 4.57 Å². The van der Waals surface area contributed by atoms with Crippen molar-refractivity contribution < 1.29 is 23.7 Å². The molecule has 2 aliphatic rings. The summed E-state index contributed by atoms with van der Waals surface area (Å²) in [4.78, 5) is 1.99. The molecule has 33 heavy (non-hydrogen) atoms. The number of benzene rings is 2. The average molecular weight is 474 g/mol. The summed E-state index contributed by atoms with van der Waals surface area (Å²) >= 11 is 0. The van der Waals surface area contributed by atoms with Gasteiger partial charge in [0.25, 0.3) is 7.37 Å². The minimum absolute atomic E-state index is 0.144. The van der Waals surface area contributed by atoms with Crippen LogP contribution in [0, 0.1) is 17.8 Å². The van der Waals surface area contributed by atoms with E-state index in [0.717, 1.165) is 24.9 Å². The first kappa shape index (κ1) is 24.1. The van der Waals surface area contributed by atoms with Crippen molar-refractivity contribution in [1.82, 2.24) is 0 Å². The van der Waals surface area contributed by atoms with Gasteiger partial charge in [-0.25, -0.2) is 0 Å². The van der Waals surface area contributed by atoms with Crippen LogP contribution in [0.15, 0.2) is 42.5 Å². The van der Waals surface area contributed by atoms with Crippen LogP contribution in [0.1, 0.15) is 51.4 Å². The van der Waals surface area contributed by atoms with Crippen LogP contribution in [-0.2, 0) is 9.09 Å². The summed E-state index contributed by atoms with van der Waals surface area (Å²) in [5.41, 5.74) is 1.50. The van der Waals surface area contributed by atoms with Crippen molar-refractivity contribution in [3.8, 4) is 11.5 Å². The lowest BCUT2D eigenvalue weighted by Crippen LogP contribution is -2.35. The summed E-state index contributed by atoms with van der Waals surface area (Å²) in [6.45, 7) is 6.76. The van der Waals surface area contributed by atoms with Crippen LogP contribution in [0.2, 0.25) is 0 Å². The summed E-state index contributed by atoms with van der Waals surface area (Å²) in [6.07, 6.45) is 2.87. The van der Waals surface area contributed by atoms with Crippen molar-refractivity contribution in [3.63, 3.8) is 0 Å². The standard InChI is InChI=1S/C26H36NO5P/c1-17(2)22-12-6-18(3)14-24(22)32-33(29,21-10-8-20(9-11-21)27(4)5)26(28)19-7-13-23-25(15-19)31-16-30-23/h7-11,13,15,17-18,22,24,26,28H,6,12,14,16H2,1-5H3/t18-,22-,24+,26-,33-/m0/s1. The molecule has 2 aromatic rings. The Kier molecular flexibility index (Phi) is 7.09. The molecule has 0 radical (unpaired) electrons. The van der Waals surface area contributed by atoms with E-state index in [1.54, 1.807) is 18.2 Å². The Morgan fingerprint density at radius 2 is 1.76 bits per heavy atom. The van der Waals surface area contributed by atoms with E-state index in [1.807, 2.05) is 43.3 Å². The number of nitrogens with zero attached hydrogens (tertiary/aromatic N) is 1. The topological polar surface area (TPSA) is 68.2 Å². The number of hydrogen-bond acceptors (Lipinski definition) is 6. The van der Waals surface area contributed by atoms with E-state index in [4.69, 9.17) is 14.0 Å². The predicted octanol–water partition coefficient (Wildman–Crippen LogP) is 5.55. The second-order valence-electron chi connectivity index (χ2n) is 9.96. The van der Waals surface area contributed by atoms with Crippen LogP contribution >= 0.6 is 7.37 Å². The third-order valence-electron chi connectivity index (χ3n) is 7.00. The molecule has 1 fully saturated rings. The largest absolute Gasteiger partial charge is 0.454 e. The van der Waals surface area contributed by atoms with Crippen LogP contribution in [-0.4, -0.2) is 32.1 Å². The maximum Gasteiger partial charge on any atom is 0.264 e. The zero-order chi connectivity index (χ0) is 23.8. The highest BCUT2D eigenvalue weighted by Gasteiger charge is 2.43. The Hall–Kier alpha value is -2.01. The van der Waals surface area contributed by atoms with Gasteiger partial charge in [-0.2, -0.15) is 0 Å². The monoisotopic (exact) mass is 473 g/mol. The fourth-order valence-corrected chi connectivity index (χ4v) is 7.21. The summed E-state index contributed by atoms with van der Waals surface area (Å²) in [5.74, 6) is 1.08. The van der Waals surface area contributed by atoms with Gasteiger partial charge in [0.2, 0.25) is 6.79 Å². The van der Waals surface area contributed by atoms with Crippen molar-refractivity contribution in [2.24, 2.45) is 17.8 Å². The molecule has 4 rings (SSSR count). The van der Waals surface area contributed by atoms with E-state index in [1.165, 1.54) is 0 Å². The van der Waals surface area contributed by atoms with Gasteiger partial charge in [0.1, 0.15) is 0 Å². The van der Waals surface area contributed by atoms with E-state index in [9.17, 15) is 9.67 Å². The predicted molar refractivity (Wildman–Crippen MR) is 132 cm³/mol. The number of ether oxygens (including phenoxy) is 2. The van der Waals surface area contributed by atoms with Gasteiger partial charge < -0.3 is 24.0 Å². The molecule has 5 atom stereocenters. The highest BCUT2D eigenvalue weighted by Crippen LogP contribution is 2.61. The maximum absolute atomic E-state index is 14.7. The van der Waals surface area contributed by atoms with Crippen LogP contribution in [0.4, 0.5) is 5.69 Å². The van der Waals surface area contributed by atoms with E-state index in [-0.39, 0.29) is 12.9 Å². The minimum atomic E-state index is -3.69. The third kappa shape index (κ3) is 4.94. The quantitative estimate of drug-likeness (QED) is 0.532. The first-order chi connectivity index (χ1) is 15.7. The second-order valence-corrected chi connectivity index (χ2v) is 12.4. The molecule has 6 nitrogen and oxygen atoms in total. The van der Waals surface area contributed by atoms with Crippen molar-refractivity contribution in [1.29, 1.82) is 0 Å². The van der Waals surface area contributed by atoms with E-state index in [2.05, 4.69) is 20.8 Å². The van der Waals surface area contributed by atoms with Gasteiger partial charge in [-0.1, -0.05) is 33.3 Å². The highest BCUT2D eigenvalue weighted by atomic mass is 31.2. The molecule has 180 valence electrons. The smallest absolute Gasteiger partial charge is 0.264 e. The van der Waals surface area contributed by atoms with Crippen molar-refractivity contribution >= 4 is 18.4 Å². The molecular formula is C26H36NO5P. The fraction of sp³-hybridized carbons (Fsp3) is 0.538. The number of rotatable bonds is 7.